The molecule has 0 saturated heterocycles. The van der Waals surface area contributed by atoms with Gasteiger partial charge in [-0.15, -0.1) is 0 Å². The first-order valence-corrected chi connectivity index (χ1v) is 7.00. The van der Waals surface area contributed by atoms with Crippen molar-refractivity contribution >= 4 is 44.6 Å². The van der Waals surface area contributed by atoms with Crippen LogP contribution >= 0.6 is 27.5 Å². The number of anilines is 2. The third kappa shape index (κ3) is 3.32. The second kappa shape index (κ2) is 6.12. The maximum absolute atomic E-state index is 10.8. The van der Waals surface area contributed by atoms with E-state index in [1.165, 1.54) is 12.1 Å². The number of hydrogen-bond donors (Lipinski definition) is 1. The second-order valence-corrected chi connectivity index (χ2v) is 5.57. The number of aryl methyl sites for hydroxylation is 1. The molecular weight excluding hydrogens is 358 g/mol. The van der Waals surface area contributed by atoms with Crippen LogP contribution in [0.3, 0.4) is 0 Å². The van der Waals surface area contributed by atoms with E-state index in [0.717, 1.165) is 10.0 Å². The Morgan fingerprint density at radius 2 is 2.10 bits per heavy atom. The van der Waals surface area contributed by atoms with Gasteiger partial charge in [0.05, 0.1) is 10.6 Å². The summed E-state index contributed by atoms with van der Waals surface area (Å²) in [4.78, 5) is 10.2. The molecule has 21 heavy (non-hydrogen) atoms. The Morgan fingerprint density at radius 3 is 2.71 bits per heavy atom. The molecule has 0 aliphatic rings. The molecule has 1 N–H and O–H groups in total. The summed E-state index contributed by atoms with van der Waals surface area (Å²) in [6, 6.07) is 9.69. The smallest absolute Gasteiger partial charge is 0.287 e. The molecule has 0 saturated carbocycles. The molecule has 0 aliphatic heterocycles. The van der Waals surface area contributed by atoms with Crippen LogP contribution < -0.4 is 5.32 Å². The number of nitro benzene ring substituents is 1. The number of rotatable bonds is 3. The SMILES string of the molecule is Cc1cc(Br)c(Nc2ccc([N+](=O)[O-])c(C#N)c2)cc1Cl. The van der Waals surface area contributed by atoms with Crippen molar-refractivity contribution in [1.29, 1.82) is 5.26 Å². The van der Waals surface area contributed by atoms with Gasteiger partial charge in [0.1, 0.15) is 11.6 Å². The third-order valence-corrected chi connectivity index (χ3v) is 3.90. The molecule has 2 aromatic carbocycles. The van der Waals surface area contributed by atoms with Gasteiger partial charge in [0, 0.05) is 21.2 Å². The summed E-state index contributed by atoms with van der Waals surface area (Å²) < 4.78 is 0.807. The van der Waals surface area contributed by atoms with Crippen molar-refractivity contribution in [2.75, 3.05) is 5.32 Å². The summed E-state index contributed by atoms with van der Waals surface area (Å²) in [6.07, 6.45) is 0. The molecule has 0 fully saturated rings. The largest absolute Gasteiger partial charge is 0.355 e. The average molecular weight is 367 g/mol. The van der Waals surface area contributed by atoms with Crippen LogP contribution in [-0.4, -0.2) is 4.92 Å². The van der Waals surface area contributed by atoms with Crippen LogP contribution in [0, 0.1) is 28.4 Å². The van der Waals surface area contributed by atoms with Gasteiger partial charge in [-0.25, -0.2) is 0 Å². The van der Waals surface area contributed by atoms with Crippen LogP contribution in [0.1, 0.15) is 11.1 Å². The Kier molecular flexibility index (Phi) is 4.46. The lowest BCUT2D eigenvalue weighted by molar-refractivity contribution is -0.385. The molecule has 0 radical (unpaired) electrons. The summed E-state index contributed by atoms with van der Waals surface area (Å²) in [5, 5.41) is 23.5. The van der Waals surface area contributed by atoms with Crippen molar-refractivity contribution in [3.63, 3.8) is 0 Å². The van der Waals surface area contributed by atoms with E-state index in [0.29, 0.717) is 16.4 Å². The Balaban J connectivity index is 2.39. The Bertz CT molecular complexity index is 772. The van der Waals surface area contributed by atoms with E-state index in [1.54, 1.807) is 12.1 Å². The molecule has 2 rings (SSSR count). The minimum atomic E-state index is -0.582. The first-order valence-electron chi connectivity index (χ1n) is 5.83. The van der Waals surface area contributed by atoms with Crippen molar-refractivity contribution in [3.8, 4) is 6.07 Å². The molecule has 7 heteroatoms. The lowest BCUT2D eigenvalue weighted by Gasteiger charge is -2.11. The summed E-state index contributed by atoms with van der Waals surface area (Å²) in [7, 11) is 0. The summed E-state index contributed by atoms with van der Waals surface area (Å²) in [6.45, 7) is 1.89. The summed E-state index contributed by atoms with van der Waals surface area (Å²) in [5.41, 5.74) is 1.99. The van der Waals surface area contributed by atoms with Crippen LogP contribution in [0.2, 0.25) is 5.02 Å². The fourth-order valence-electron chi connectivity index (χ4n) is 1.76. The van der Waals surface area contributed by atoms with E-state index < -0.39 is 4.92 Å². The summed E-state index contributed by atoms with van der Waals surface area (Å²) >= 11 is 9.49. The number of nitrogens with zero attached hydrogens (tertiary/aromatic N) is 2. The fraction of sp³-hybridized carbons (Fsp3) is 0.0714. The number of hydrogen-bond acceptors (Lipinski definition) is 4. The highest BCUT2D eigenvalue weighted by atomic mass is 79.9. The topological polar surface area (TPSA) is 79.0 Å². The van der Waals surface area contributed by atoms with Gasteiger partial charge in [0.25, 0.3) is 5.69 Å². The van der Waals surface area contributed by atoms with E-state index in [9.17, 15) is 10.1 Å². The highest BCUT2D eigenvalue weighted by Crippen LogP contribution is 2.32. The number of nitrogens with one attached hydrogen (secondary N) is 1. The van der Waals surface area contributed by atoms with Crippen molar-refractivity contribution in [3.05, 3.63) is 61.1 Å². The van der Waals surface area contributed by atoms with Crippen molar-refractivity contribution in [2.45, 2.75) is 6.92 Å². The van der Waals surface area contributed by atoms with Crippen LogP contribution in [-0.2, 0) is 0 Å². The number of halogens is 2. The predicted octanol–water partition coefficient (Wildman–Crippen LogP) is 4.93. The van der Waals surface area contributed by atoms with Gasteiger partial charge < -0.3 is 5.32 Å². The van der Waals surface area contributed by atoms with Crippen molar-refractivity contribution in [1.82, 2.24) is 0 Å². The maximum Gasteiger partial charge on any atom is 0.287 e. The number of benzene rings is 2. The van der Waals surface area contributed by atoms with Gasteiger partial charge in [-0.05, 0) is 52.7 Å². The molecule has 0 aliphatic carbocycles. The average Bonchev–Trinajstić information content (AvgIpc) is 2.44. The fourth-order valence-corrected chi connectivity index (χ4v) is 2.48. The van der Waals surface area contributed by atoms with Gasteiger partial charge in [-0.1, -0.05) is 11.6 Å². The molecule has 0 bridgehead atoms. The normalized spacial score (nSPS) is 10.0. The predicted molar refractivity (Wildman–Crippen MR) is 85.0 cm³/mol. The van der Waals surface area contributed by atoms with E-state index in [4.69, 9.17) is 16.9 Å². The minimum absolute atomic E-state index is 0.000619. The highest BCUT2D eigenvalue weighted by Gasteiger charge is 2.14. The van der Waals surface area contributed by atoms with Gasteiger partial charge in [0.2, 0.25) is 0 Å². The molecule has 0 amide bonds. The van der Waals surface area contributed by atoms with Gasteiger partial charge in [-0.3, -0.25) is 10.1 Å². The zero-order valence-electron chi connectivity index (χ0n) is 10.9. The lowest BCUT2D eigenvalue weighted by atomic mass is 10.1. The number of nitriles is 1. The molecule has 0 unspecified atom stereocenters. The van der Waals surface area contributed by atoms with Crippen LogP contribution in [0.15, 0.2) is 34.8 Å². The zero-order chi connectivity index (χ0) is 15.6. The van der Waals surface area contributed by atoms with Crippen LogP contribution in [0.5, 0.6) is 0 Å². The van der Waals surface area contributed by atoms with Gasteiger partial charge >= 0.3 is 0 Å². The molecule has 106 valence electrons. The van der Waals surface area contributed by atoms with E-state index in [-0.39, 0.29) is 11.3 Å². The minimum Gasteiger partial charge on any atom is -0.355 e. The molecular formula is C14H9BrClN3O2. The number of nitro groups is 1. The first kappa shape index (κ1) is 15.3. The van der Waals surface area contributed by atoms with E-state index >= 15 is 0 Å². The first-order chi connectivity index (χ1) is 9.92. The molecule has 0 atom stereocenters. The standard InChI is InChI=1S/C14H9BrClN3O2/c1-8-4-11(15)13(6-12(8)16)18-10-2-3-14(19(20)21)9(5-10)7-17/h2-6,18H,1H3. The monoisotopic (exact) mass is 365 g/mol. The molecule has 0 heterocycles. The van der Waals surface area contributed by atoms with Gasteiger partial charge in [0.15, 0.2) is 0 Å². The quantitative estimate of drug-likeness (QED) is 0.616. The maximum atomic E-state index is 10.8. The highest BCUT2D eigenvalue weighted by molar-refractivity contribution is 9.10. The Labute approximate surface area is 134 Å². The Morgan fingerprint density at radius 1 is 1.38 bits per heavy atom. The molecule has 0 spiro atoms. The van der Waals surface area contributed by atoms with Crippen LogP contribution in [0.4, 0.5) is 17.1 Å². The molecule has 5 nitrogen and oxygen atoms in total. The molecule has 0 aromatic heterocycles. The molecule has 2 aromatic rings. The zero-order valence-corrected chi connectivity index (χ0v) is 13.2. The summed E-state index contributed by atoms with van der Waals surface area (Å²) in [5.74, 6) is 0. The van der Waals surface area contributed by atoms with Crippen LogP contribution in [0.25, 0.3) is 0 Å². The third-order valence-electron chi connectivity index (χ3n) is 2.84. The van der Waals surface area contributed by atoms with E-state index in [2.05, 4.69) is 21.2 Å². The van der Waals surface area contributed by atoms with Crippen molar-refractivity contribution < 1.29 is 4.92 Å². The lowest BCUT2D eigenvalue weighted by Crippen LogP contribution is -1.96. The second-order valence-electron chi connectivity index (χ2n) is 4.31. The van der Waals surface area contributed by atoms with Gasteiger partial charge in [-0.2, -0.15) is 5.26 Å². The Hall–Kier alpha value is -2.10. The van der Waals surface area contributed by atoms with E-state index in [1.807, 2.05) is 19.1 Å². The van der Waals surface area contributed by atoms with Crippen molar-refractivity contribution in [2.24, 2.45) is 0 Å².